The van der Waals surface area contributed by atoms with Gasteiger partial charge >= 0.3 is 5.97 Å². The zero-order valence-corrected chi connectivity index (χ0v) is 12.4. The molecule has 6 nitrogen and oxygen atoms in total. The van der Waals surface area contributed by atoms with Crippen LogP contribution in [-0.2, 0) is 29.5 Å². The number of rotatable bonds is 2. The van der Waals surface area contributed by atoms with Gasteiger partial charge in [0.2, 0.25) is 11.1 Å². The van der Waals surface area contributed by atoms with E-state index in [4.69, 9.17) is 13.7 Å². The van der Waals surface area contributed by atoms with Gasteiger partial charge in [0.25, 0.3) is 5.12 Å². The minimum Gasteiger partial charge on any atom is -0.457 e. The van der Waals surface area contributed by atoms with Crippen LogP contribution < -0.4 is 0 Å². The van der Waals surface area contributed by atoms with Crippen molar-refractivity contribution in [3.63, 3.8) is 0 Å². The van der Waals surface area contributed by atoms with Crippen LogP contribution in [0.2, 0.25) is 0 Å². The molecule has 2 bridgehead atoms. The molecule has 1 aromatic carbocycles. The van der Waals surface area contributed by atoms with Crippen molar-refractivity contribution in [2.24, 2.45) is 0 Å². The van der Waals surface area contributed by atoms with Crippen LogP contribution in [0.1, 0.15) is 25.3 Å². The van der Waals surface area contributed by atoms with Crippen LogP contribution in [0.25, 0.3) is 0 Å². The summed E-state index contributed by atoms with van der Waals surface area (Å²) in [4.78, 5) is 11.3. The van der Waals surface area contributed by atoms with E-state index < -0.39 is 46.4 Å². The number of carbonyl (C=O) groups excluding carboxylic acids is 1. The smallest absolute Gasteiger partial charge is 0.303 e. The molecule has 3 rings (SSSR count). The first kappa shape index (κ1) is 14.6. The Morgan fingerprint density at radius 3 is 2.67 bits per heavy atom. The van der Waals surface area contributed by atoms with Crippen LogP contribution in [-0.4, -0.2) is 38.7 Å². The van der Waals surface area contributed by atoms with Gasteiger partial charge in [0.15, 0.2) is 6.10 Å². The highest BCUT2D eigenvalue weighted by molar-refractivity contribution is 7.81. The molecule has 2 aliphatic rings. The number of fused-ring (bicyclic) bond motifs is 2. The minimum absolute atomic E-state index is 0.478. The first-order valence-electron chi connectivity index (χ1n) is 6.65. The van der Waals surface area contributed by atoms with Crippen molar-refractivity contribution in [2.75, 3.05) is 0 Å². The fraction of sp³-hybridized carbons (Fsp3) is 0.500. The average molecular weight is 312 g/mol. The Labute approximate surface area is 124 Å². The third kappa shape index (κ3) is 2.30. The molecule has 7 heteroatoms. The second-order valence-corrected chi connectivity index (χ2v) is 6.46. The summed E-state index contributed by atoms with van der Waals surface area (Å²) in [5.74, 6) is -1.16. The predicted molar refractivity (Wildman–Crippen MR) is 73.2 cm³/mol. The molecule has 21 heavy (non-hydrogen) atoms. The van der Waals surface area contributed by atoms with Gasteiger partial charge in [-0.1, -0.05) is 30.3 Å². The Hall–Kier alpha value is -1.28. The Morgan fingerprint density at radius 2 is 2.05 bits per heavy atom. The summed E-state index contributed by atoms with van der Waals surface area (Å²) in [6.45, 7) is 2.94. The molecule has 6 atom stereocenters. The molecule has 2 saturated heterocycles. The summed E-state index contributed by atoms with van der Waals surface area (Å²) >= 11 is -2.04. The molecule has 0 aliphatic carbocycles. The molecule has 2 heterocycles. The average Bonchev–Trinajstić information content (AvgIpc) is 2.63. The molecule has 0 amide bonds. The fourth-order valence-corrected chi connectivity index (χ4v) is 4.18. The summed E-state index contributed by atoms with van der Waals surface area (Å²) in [5.41, 5.74) is 0.722. The largest absolute Gasteiger partial charge is 0.457 e. The van der Waals surface area contributed by atoms with Gasteiger partial charge in [0.1, 0.15) is 6.10 Å². The first-order valence-corrected chi connectivity index (χ1v) is 7.72. The van der Waals surface area contributed by atoms with E-state index in [1.807, 2.05) is 6.07 Å². The molecule has 1 N–H and O–H groups in total. The Kier molecular flexibility index (Phi) is 3.61. The quantitative estimate of drug-likeness (QED) is 0.815. The highest BCUT2D eigenvalue weighted by atomic mass is 32.2. The maximum atomic E-state index is 12.1. The number of benzene rings is 1. The van der Waals surface area contributed by atoms with E-state index in [1.54, 1.807) is 31.2 Å². The van der Waals surface area contributed by atoms with Gasteiger partial charge in [-0.25, -0.2) is 4.21 Å². The number of hydrogen-bond acceptors (Lipinski definition) is 6. The number of aliphatic hydroxyl groups is 1. The zero-order valence-electron chi connectivity index (χ0n) is 11.6. The third-order valence-electron chi connectivity index (χ3n) is 3.76. The highest BCUT2D eigenvalue weighted by Gasteiger charge is 2.65. The lowest BCUT2D eigenvalue weighted by atomic mass is 9.85. The maximum absolute atomic E-state index is 12.1. The predicted octanol–water partition coefficient (Wildman–Crippen LogP) is 0.829. The van der Waals surface area contributed by atoms with Crippen LogP contribution in [0.15, 0.2) is 30.3 Å². The van der Waals surface area contributed by atoms with Gasteiger partial charge in [0, 0.05) is 6.92 Å². The molecule has 1 aromatic rings. The normalized spacial score (nSPS) is 41.8. The van der Waals surface area contributed by atoms with Gasteiger partial charge in [-0.2, -0.15) is 0 Å². The fourth-order valence-electron chi connectivity index (χ4n) is 2.91. The van der Waals surface area contributed by atoms with Gasteiger partial charge in [-0.3, -0.25) is 8.98 Å². The molecule has 0 aromatic heterocycles. The van der Waals surface area contributed by atoms with E-state index in [-0.39, 0.29) is 0 Å². The lowest BCUT2D eigenvalue weighted by Gasteiger charge is -2.40. The SMILES string of the molecule is CC(=O)O[C@H]1[C@H]2OS(=O)C(O)(O[C@H]1C)[C@H]2c1ccccc1. The van der Waals surface area contributed by atoms with Crippen LogP contribution in [0.3, 0.4) is 0 Å². The van der Waals surface area contributed by atoms with Gasteiger partial charge in [-0.05, 0) is 12.5 Å². The number of ether oxygens (including phenoxy) is 2. The van der Waals surface area contributed by atoms with E-state index >= 15 is 0 Å². The summed E-state index contributed by atoms with van der Waals surface area (Å²) in [5, 5.41) is 8.71. The van der Waals surface area contributed by atoms with Crippen molar-refractivity contribution in [2.45, 2.75) is 43.2 Å². The van der Waals surface area contributed by atoms with Crippen molar-refractivity contribution in [1.29, 1.82) is 0 Å². The maximum Gasteiger partial charge on any atom is 0.303 e. The topological polar surface area (TPSA) is 82.1 Å². The van der Waals surface area contributed by atoms with E-state index in [0.717, 1.165) is 5.56 Å². The van der Waals surface area contributed by atoms with Gasteiger partial charge < -0.3 is 14.6 Å². The van der Waals surface area contributed by atoms with Crippen LogP contribution >= 0.6 is 0 Å². The van der Waals surface area contributed by atoms with Crippen molar-refractivity contribution in [3.05, 3.63) is 35.9 Å². The number of carbonyl (C=O) groups is 1. The third-order valence-corrected chi connectivity index (χ3v) is 4.99. The molecule has 2 fully saturated rings. The molecule has 2 aliphatic heterocycles. The van der Waals surface area contributed by atoms with Crippen molar-refractivity contribution in [3.8, 4) is 0 Å². The second-order valence-electron chi connectivity index (χ2n) is 5.21. The Balaban J connectivity index is 2.02. The number of hydrogen-bond donors (Lipinski definition) is 1. The lowest BCUT2D eigenvalue weighted by Crippen LogP contribution is -2.55. The minimum atomic E-state index is -2.04. The van der Waals surface area contributed by atoms with E-state index in [0.29, 0.717) is 0 Å². The summed E-state index contributed by atoms with van der Waals surface area (Å²) in [7, 11) is 0. The van der Waals surface area contributed by atoms with E-state index in [1.165, 1.54) is 6.92 Å². The highest BCUT2D eigenvalue weighted by Crippen LogP contribution is 2.50. The Morgan fingerprint density at radius 1 is 1.38 bits per heavy atom. The summed E-state index contributed by atoms with van der Waals surface area (Å²) in [6, 6.07) is 9.03. The van der Waals surface area contributed by atoms with Crippen LogP contribution in [0.5, 0.6) is 0 Å². The zero-order chi connectivity index (χ0) is 15.2. The van der Waals surface area contributed by atoms with Crippen LogP contribution in [0.4, 0.5) is 0 Å². The molecule has 114 valence electrons. The van der Waals surface area contributed by atoms with Gasteiger partial charge in [-0.15, -0.1) is 0 Å². The van der Waals surface area contributed by atoms with E-state index in [2.05, 4.69) is 0 Å². The van der Waals surface area contributed by atoms with Crippen molar-refractivity contribution < 1.29 is 27.8 Å². The van der Waals surface area contributed by atoms with Crippen molar-refractivity contribution in [1.82, 2.24) is 0 Å². The molecule has 0 radical (unpaired) electrons. The van der Waals surface area contributed by atoms with Gasteiger partial charge in [0.05, 0.1) is 12.0 Å². The molecular formula is C14H16O6S. The monoisotopic (exact) mass is 312 g/mol. The number of esters is 1. The summed E-state index contributed by atoms with van der Waals surface area (Å²) < 4.78 is 28.2. The van der Waals surface area contributed by atoms with E-state index in [9.17, 15) is 14.1 Å². The Bertz CT molecular complexity index is 576. The molecular weight excluding hydrogens is 296 g/mol. The van der Waals surface area contributed by atoms with Crippen molar-refractivity contribution >= 4 is 17.0 Å². The molecule has 0 spiro atoms. The molecule has 2 unspecified atom stereocenters. The summed E-state index contributed by atoms with van der Waals surface area (Å²) in [6.07, 6.45) is -2.05. The van der Waals surface area contributed by atoms with Crippen LogP contribution in [0, 0.1) is 0 Å². The standard InChI is InChI=1S/C14H16O6S/c1-8-12(18-9(2)15)13-11(10-6-4-3-5-7-10)14(16,19-8)21(17)20-13/h3-8,11-13,16H,1-2H3/t8-,11-,12+,13-,14?,21?/m0/s1. The lowest BCUT2D eigenvalue weighted by molar-refractivity contribution is -0.242. The first-order chi connectivity index (χ1) is 9.93. The second kappa shape index (κ2) is 5.17. The molecule has 0 saturated carbocycles.